The average Bonchev–Trinajstić information content (AvgIpc) is 3.10. The van der Waals surface area contributed by atoms with E-state index in [1.165, 1.54) is 11.0 Å². The van der Waals surface area contributed by atoms with Crippen LogP contribution in [0, 0.1) is 5.82 Å². The third kappa shape index (κ3) is 4.85. The summed E-state index contributed by atoms with van der Waals surface area (Å²) in [4.78, 5) is 20.1. The zero-order chi connectivity index (χ0) is 20.2. The zero-order valence-electron chi connectivity index (χ0n) is 15.8. The summed E-state index contributed by atoms with van der Waals surface area (Å²) in [6.45, 7) is 2.35. The number of aliphatic imine (C=N–C) groups is 1. The number of nitrogens with zero attached hydrogens (tertiary/aromatic N) is 3. The smallest absolute Gasteiger partial charge is 0.414 e. The standard InChI is InChI=1S/C21H21ClFN3O2S/c22-16-3-1-15(2-4-16)12-24-13-18-14-26(21(27)28-18)17-5-6-20(19(23)11-17)25-7-9-29-10-8-25/h1-6,11-12,18H,7-10,13-14H2. The molecule has 0 radical (unpaired) electrons. The van der Waals surface area contributed by atoms with Crippen molar-refractivity contribution in [1.82, 2.24) is 0 Å². The lowest BCUT2D eigenvalue weighted by atomic mass is 10.2. The third-order valence-electron chi connectivity index (χ3n) is 4.89. The Morgan fingerprint density at radius 2 is 1.97 bits per heavy atom. The highest BCUT2D eigenvalue weighted by molar-refractivity contribution is 7.99. The minimum atomic E-state index is -0.474. The van der Waals surface area contributed by atoms with Crippen molar-refractivity contribution in [2.75, 3.05) is 47.5 Å². The van der Waals surface area contributed by atoms with E-state index in [2.05, 4.69) is 4.99 Å². The van der Waals surface area contributed by atoms with Gasteiger partial charge in [0.25, 0.3) is 0 Å². The molecule has 4 rings (SSSR count). The van der Waals surface area contributed by atoms with Crippen LogP contribution in [-0.2, 0) is 4.74 Å². The van der Waals surface area contributed by atoms with Crippen molar-refractivity contribution >= 4 is 47.0 Å². The summed E-state index contributed by atoms with van der Waals surface area (Å²) in [5, 5.41) is 0.667. The van der Waals surface area contributed by atoms with Crippen molar-refractivity contribution < 1.29 is 13.9 Å². The number of ether oxygens (including phenoxy) is 1. The van der Waals surface area contributed by atoms with Crippen LogP contribution in [0.4, 0.5) is 20.6 Å². The maximum absolute atomic E-state index is 14.7. The number of halogens is 2. The number of rotatable bonds is 5. The Labute approximate surface area is 178 Å². The van der Waals surface area contributed by atoms with Crippen LogP contribution in [0.2, 0.25) is 5.02 Å². The van der Waals surface area contributed by atoms with E-state index >= 15 is 0 Å². The van der Waals surface area contributed by atoms with Gasteiger partial charge < -0.3 is 9.64 Å². The van der Waals surface area contributed by atoms with E-state index in [0.29, 0.717) is 29.5 Å². The van der Waals surface area contributed by atoms with Gasteiger partial charge in [0, 0.05) is 35.8 Å². The minimum Gasteiger partial charge on any atom is -0.442 e. The fourth-order valence-corrected chi connectivity index (χ4v) is 4.41. The van der Waals surface area contributed by atoms with Gasteiger partial charge >= 0.3 is 6.09 Å². The Balaban J connectivity index is 1.38. The number of amides is 1. The fraction of sp³-hybridized carbons (Fsp3) is 0.333. The molecule has 2 fully saturated rings. The van der Waals surface area contributed by atoms with Crippen LogP contribution < -0.4 is 9.80 Å². The molecule has 1 amide bonds. The van der Waals surface area contributed by atoms with Crippen LogP contribution in [-0.4, -0.2) is 56.1 Å². The average molecular weight is 434 g/mol. The van der Waals surface area contributed by atoms with Crippen LogP contribution >= 0.6 is 23.4 Å². The molecule has 0 aromatic heterocycles. The fourth-order valence-electron chi connectivity index (χ4n) is 3.38. The van der Waals surface area contributed by atoms with E-state index < -0.39 is 6.09 Å². The first kappa shape index (κ1) is 20.0. The first-order chi connectivity index (χ1) is 14.1. The molecule has 1 atom stereocenters. The number of cyclic esters (lactones) is 1. The van der Waals surface area contributed by atoms with Gasteiger partial charge in [-0.2, -0.15) is 11.8 Å². The number of anilines is 2. The second-order valence-corrected chi connectivity index (χ2v) is 8.56. The molecule has 0 bridgehead atoms. The molecule has 8 heteroatoms. The Morgan fingerprint density at radius 3 is 2.69 bits per heavy atom. The summed E-state index contributed by atoms with van der Waals surface area (Å²) in [7, 11) is 0. The molecule has 0 saturated carbocycles. The molecule has 1 unspecified atom stereocenters. The molecule has 29 heavy (non-hydrogen) atoms. The van der Waals surface area contributed by atoms with Gasteiger partial charge in [0.15, 0.2) is 0 Å². The number of hydrogen-bond donors (Lipinski definition) is 0. The van der Waals surface area contributed by atoms with Crippen molar-refractivity contribution in [2.24, 2.45) is 4.99 Å². The largest absolute Gasteiger partial charge is 0.442 e. The molecular weight excluding hydrogens is 413 g/mol. The van der Waals surface area contributed by atoms with E-state index in [9.17, 15) is 9.18 Å². The Hall–Kier alpha value is -2.25. The summed E-state index contributed by atoms with van der Waals surface area (Å²) in [6, 6.07) is 12.3. The maximum atomic E-state index is 14.7. The second-order valence-electron chi connectivity index (χ2n) is 6.90. The van der Waals surface area contributed by atoms with Gasteiger partial charge in [-0.05, 0) is 35.9 Å². The molecule has 0 spiro atoms. The van der Waals surface area contributed by atoms with Gasteiger partial charge in [0.1, 0.15) is 11.9 Å². The topological polar surface area (TPSA) is 45.1 Å². The molecule has 2 aliphatic rings. The Morgan fingerprint density at radius 1 is 1.21 bits per heavy atom. The first-order valence-electron chi connectivity index (χ1n) is 9.46. The van der Waals surface area contributed by atoms with Gasteiger partial charge in [-0.3, -0.25) is 9.89 Å². The van der Waals surface area contributed by atoms with E-state index in [0.717, 1.165) is 30.2 Å². The van der Waals surface area contributed by atoms with Crippen molar-refractivity contribution in [1.29, 1.82) is 0 Å². The summed E-state index contributed by atoms with van der Waals surface area (Å²) >= 11 is 7.74. The molecule has 2 saturated heterocycles. The van der Waals surface area contributed by atoms with Gasteiger partial charge in [-0.1, -0.05) is 23.7 Å². The molecule has 5 nitrogen and oxygen atoms in total. The highest BCUT2D eigenvalue weighted by Gasteiger charge is 2.32. The Bertz CT molecular complexity index is 903. The molecule has 2 aromatic rings. The van der Waals surface area contributed by atoms with Crippen LogP contribution in [0.15, 0.2) is 47.5 Å². The molecule has 2 aromatic carbocycles. The second kappa shape index (κ2) is 9.05. The molecule has 0 aliphatic carbocycles. The minimum absolute atomic E-state index is 0.314. The van der Waals surface area contributed by atoms with Gasteiger partial charge in [-0.25, -0.2) is 9.18 Å². The Kier molecular flexibility index (Phi) is 6.25. The number of carbonyl (C=O) groups is 1. The summed E-state index contributed by atoms with van der Waals surface area (Å²) in [5.74, 6) is 1.68. The van der Waals surface area contributed by atoms with Gasteiger partial charge in [0.2, 0.25) is 0 Å². The van der Waals surface area contributed by atoms with Gasteiger partial charge in [0.05, 0.1) is 24.5 Å². The number of thioether (sulfide) groups is 1. The normalized spacial score (nSPS) is 19.8. The monoisotopic (exact) mass is 433 g/mol. The van der Waals surface area contributed by atoms with Crippen LogP contribution in [0.5, 0.6) is 0 Å². The molecule has 152 valence electrons. The number of hydrogen-bond acceptors (Lipinski definition) is 5. The predicted octanol–water partition coefficient (Wildman–Crippen LogP) is 4.48. The predicted molar refractivity (Wildman–Crippen MR) is 117 cm³/mol. The highest BCUT2D eigenvalue weighted by atomic mass is 35.5. The quantitative estimate of drug-likeness (QED) is 0.652. The summed E-state index contributed by atoms with van der Waals surface area (Å²) in [6.07, 6.45) is 0.879. The lowest BCUT2D eigenvalue weighted by molar-refractivity contribution is 0.145. The molecule has 2 heterocycles. The van der Waals surface area contributed by atoms with Gasteiger partial charge in [-0.15, -0.1) is 0 Å². The lowest BCUT2D eigenvalue weighted by Gasteiger charge is -2.29. The summed E-state index contributed by atoms with van der Waals surface area (Å²) < 4.78 is 20.1. The molecule has 2 aliphatic heterocycles. The SMILES string of the molecule is O=C1OC(CN=Cc2ccc(Cl)cc2)CN1c1ccc(N2CCSCC2)c(F)c1. The van der Waals surface area contributed by atoms with Crippen LogP contribution in [0.25, 0.3) is 0 Å². The van der Waals surface area contributed by atoms with Crippen molar-refractivity contribution in [3.05, 3.63) is 58.9 Å². The van der Waals surface area contributed by atoms with Crippen LogP contribution in [0.3, 0.4) is 0 Å². The van der Waals surface area contributed by atoms with E-state index in [4.69, 9.17) is 16.3 Å². The zero-order valence-corrected chi connectivity index (χ0v) is 17.3. The van der Waals surface area contributed by atoms with E-state index in [-0.39, 0.29) is 11.9 Å². The lowest BCUT2D eigenvalue weighted by Crippen LogP contribution is -2.33. The van der Waals surface area contributed by atoms with E-state index in [1.54, 1.807) is 30.5 Å². The molecule has 0 N–H and O–H groups in total. The first-order valence-corrected chi connectivity index (χ1v) is 11.0. The van der Waals surface area contributed by atoms with Crippen molar-refractivity contribution in [2.45, 2.75) is 6.10 Å². The third-order valence-corrected chi connectivity index (χ3v) is 6.08. The maximum Gasteiger partial charge on any atom is 0.414 e. The summed E-state index contributed by atoms with van der Waals surface area (Å²) in [5.41, 5.74) is 2.02. The van der Waals surface area contributed by atoms with E-state index in [1.807, 2.05) is 28.8 Å². The van der Waals surface area contributed by atoms with Crippen molar-refractivity contribution in [3.8, 4) is 0 Å². The van der Waals surface area contributed by atoms with Crippen LogP contribution in [0.1, 0.15) is 5.56 Å². The number of benzene rings is 2. The number of carbonyl (C=O) groups excluding carboxylic acids is 1. The molecular formula is C21H21ClFN3O2S. The highest BCUT2D eigenvalue weighted by Crippen LogP contribution is 2.29. The van der Waals surface area contributed by atoms with Crippen molar-refractivity contribution in [3.63, 3.8) is 0 Å².